The van der Waals surface area contributed by atoms with E-state index >= 15 is 0 Å². The average molecular weight is 190 g/mol. The summed E-state index contributed by atoms with van der Waals surface area (Å²) in [6.45, 7) is 0.815. The van der Waals surface area contributed by atoms with Gasteiger partial charge in [0.05, 0.1) is 12.5 Å². The molecule has 0 aliphatic carbocycles. The Bertz CT molecular complexity index is 447. The monoisotopic (exact) mass is 190 g/mol. The highest BCUT2D eigenvalue weighted by Crippen LogP contribution is 2.25. The van der Waals surface area contributed by atoms with E-state index in [1.807, 2.05) is 0 Å². The van der Waals surface area contributed by atoms with Gasteiger partial charge in [-0.25, -0.2) is 15.0 Å². The van der Waals surface area contributed by atoms with Crippen molar-refractivity contribution >= 4 is 11.2 Å². The van der Waals surface area contributed by atoms with Crippen LogP contribution in [0.15, 0.2) is 12.5 Å². The van der Waals surface area contributed by atoms with Crippen molar-refractivity contribution in [3.8, 4) is 0 Å². The van der Waals surface area contributed by atoms with Gasteiger partial charge in [0.2, 0.25) is 0 Å². The Labute approximate surface area is 80.5 Å². The normalized spacial score (nSPS) is 21.9. The number of H-pyrrole nitrogens is 1. The first-order valence-electron chi connectivity index (χ1n) is 4.71. The second-order valence-electron chi connectivity index (χ2n) is 3.37. The van der Waals surface area contributed by atoms with E-state index in [2.05, 4.69) is 19.9 Å². The number of nitrogens with one attached hydrogen (secondary N) is 1. The molecule has 3 heterocycles. The Hall–Kier alpha value is -1.49. The third-order valence-corrected chi connectivity index (χ3v) is 2.41. The van der Waals surface area contributed by atoms with Gasteiger partial charge in [0, 0.05) is 6.61 Å². The first-order chi connectivity index (χ1) is 6.93. The first-order valence-corrected chi connectivity index (χ1v) is 4.71. The summed E-state index contributed by atoms with van der Waals surface area (Å²) < 4.78 is 5.51. The fourth-order valence-electron chi connectivity index (χ4n) is 1.69. The fourth-order valence-corrected chi connectivity index (χ4v) is 1.69. The highest BCUT2D eigenvalue weighted by molar-refractivity contribution is 5.68. The van der Waals surface area contributed by atoms with Gasteiger partial charge < -0.3 is 9.72 Å². The van der Waals surface area contributed by atoms with Crippen molar-refractivity contribution in [3.05, 3.63) is 18.3 Å². The van der Waals surface area contributed by atoms with Crippen LogP contribution in [-0.2, 0) is 4.74 Å². The SMILES string of the molecule is c1nc2cnc(C3CCCO3)nc2[nH]1. The zero-order valence-electron chi connectivity index (χ0n) is 7.60. The molecule has 1 aliphatic heterocycles. The molecular formula is C9H10N4O. The van der Waals surface area contributed by atoms with Crippen LogP contribution in [0.3, 0.4) is 0 Å². The summed E-state index contributed by atoms with van der Waals surface area (Å²) in [6, 6.07) is 0. The van der Waals surface area contributed by atoms with Gasteiger partial charge in [0.1, 0.15) is 11.6 Å². The van der Waals surface area contributed by atoms with E-state index in [1.54, 1.807) is 12.5 Å². The van der Waals surface area contributed by atoms with Crippen LogP contribution >= 0.6 is 0 Å². The summed E-state index contributed by atoms with van der Waals surface area (Å²) in [7, 11) is 0. The van der Waals surface area contributed by atoms with Crippen molar-refractivity contribution in [2.75, 3.05) is 6.61 Å². The molecule has 0 spiro atoms. The highest BCUT2D eigenvalue weighted by atomic mass is 16.5. The number of hydrogen-bond acceptors (Lipinski definition) is 4. The van der Waals surface area contributed by atoms with Crippen molar-refractivity contribution in [1.29, 1.82) is 0 Å². The number of rotatable bonds is 1. The van der Waals surface area contributed by atoms with Crippen LogP contribution < -0.4 is 0 Å². The molecular weight excluding hydrogens is 180 g/mol. The van der Waals surface area contributed by atoms with Gasteiger partial charge in [0.15, 0.2) is 11.5 Å². The smallest absolute Gasteiger partial charge is 0.161 e. The molecule has 1 N–H and O–H groups in total. The Kier molecular flexibility index (Phi) is 1.70. The molecule has 1 saturated heterocycles. The van der Waals surface area contributed by atoms with Gasteiger partial charge in [-0.15, -0.1) is 0 Å². The number of hydrogen-bond donors (Lipinski definition) is 1. The van der Waals surface area contributed by atoms with Crippen LogP contribution in [0, 0.1) is 0 Å². The molecule has 0 aromatic carbocycles. The molecule has 0 radical (unpaired) electrons. The summed E-state index contributed by atoms with van der Waals surface area (Å²) in [5, 5.41) is 0. The van der Waals surface area contributed by atoms with Crippen molar-refractivity contribution in [2.24, 2.45) is 0 Å². The lowest BCUT2D eigenvalue weighted by Crippen LogP contribution is -2.02. The number of fused-ring (bicyclic) bond motifs is 1. The molecule has 5 heteroatoms. The van der Waals surface area contributed by atoms with Gasteiger partial charge in [-0.2, -0.15) is 0 Å². The highest BCUT2D eigenvalue weighted by Gasteiger charge is 2.20. The maximum Gasteiger partial charge on any atom is 0.161 e. The van der Waals surface area contributed by atoms with Crippen LogP contribution in [0.25, 0.3) is 11.2 Å². The minimum Gasteiger partial charge on any atom is -0.370 e. The number of ether oxygens (including phenoxy) is 1. The zero-order valence-corrected chi connectivity index (χ0v) is 7.60. The van der Waals surface area contributed by atoms with Crippen LogP contribution in [0.4, 0.5) is 0 Å². The Morgan fingerprint density at radius 2 is 2.43 bits per heavy atom. The Balaban J connectivity index is 2.04. The summed E-state index contributed by atoms with van der Waals surface area (Å²) in [5.74, 6) is 0.763. The van der Waals surface area contributed by atoms with E-state index < -0.39 is 0 Å². The largest absolute Gasteiger partial charge is 0.370 e. The molecule has 1 fully saturated rings. The standard InChI is InChI=1S/C9H10N4O/c1-2-7(14-3-1)9-10-4-6-8(13-9)12-5-11-6/h4-5,7H,1-3H2,(H,10,11,12,13). The van der Waals surface area contributed by atoms with E-state index in [-0.39, 0.29) is 6.10 Å². The van der Waals surface area contributed by atoms with Crippen molar-refractivity contribution < 1.29 is 4.74 Å². The molecule has 72 valence electrons. The lowest BCUT2D eigenvalue weighted by Gasteiger charge is -2.06. The van der Waals surface area contributed by atoms with Crippen LogP contribution in [-0.4, -0.2) is 26.5 Å². The van der Waals surface area contributed by atoms with Crippen molar-refractivity contribution in [3.63, 3.8) is 0 Å². The molecule has 1 unspecified atom stereocenters. The molecule has 2 aromatic rings. The van der Waals surface area contributed by atoms with Crippen LogP contribution in [0.5, 0.6) is 0 Å². The quantitative estimate of drug-likeness (QED) is 0.734. The van der Waals surface area contributed by atoms with Gasteiger partial charge in [0.25, 0.3) is 0 Å². The minimum atomic E-state index is 0.0719. The van der Waals surface area contributed by atoms with E-state index in [9.17, 15) is 0 Å². The molecule has 1 aliphatic rings. The molecule has 14 heavy (non-hydrogen) atoms. The number of aromatic nitrogens is 4. The third kappa shape index (κ3) is 1.17. The summed E-state index contributed by atoms with van der Waals surface area (Å²) in [6.07, 6.45) is 5.53. The topological polar surface area (TPSA) is 63.7 Å². The number of aromatic amines is 1. The predicted octanol–water partition coefficient (Wildman–Crippen LogP) is 1.20. The zero-order chi connectivity index (χ0) is 9.38. The average Bonchev–Trinajstić information content (AvgIpc) is 2.88. The molecule has 0 amide bonds. The second-order valence-corrected chi connectivity index (χ2v) is 3.37. The fraction of sp³-hybridized carbons (Fsp3) is 0.444. The van der Waals surface area contributed by atoms with Crippen molar-refractivity contribution in [2.45, 2.75) is 18.9 Å². The van der Waals surface area contributed by atoms with Crippen LogP contribution in [0.1, 0.15) is 24.8 Å². The van der Waals surface area contributed by atoms with E-state index in [0.29, 0.717) is 0 Å². The second kappa shape index (κ2) is 3.02. The molecule has 0 saturated carbocycles. The molecule has 1 atom stereocenters. The first kappa shape index (κ1) is 7.87. The van der Waals surface area contributed by atoms with E-state index in [4.69, 9.17) is 4.74 Å². The molecule has 3 rings (SSSR count). The Morgan fingerprint density at radius 1 is 1.43 bits per heavy atom. The number of imidazole rings is 1. The summed E-state index contributed by atoms with van der Waals surface area (Å²) in [4.78, 5) is 15.6. The molecule has 0 bridgehead atoms. The molecule has 2 aromatic heterocycles. The maximum atomic E-state index is 5.51. The third-order valence-electron chi connectivity index (χ3n) is 2.41. The van der Waals surface area contributed by atoms with E-state index in [0.717, 1.165) is 36.4 Å². The molecule has 5 nitrogen and oxygen atoms in total. The van der Waals surface area contributed by atoms with Gasteiger partial charge in [-0.3, -0.25) is 0 Å². The van der Waals surface area contributed by atoms with E-state index in [1.165, 1.54) is 0 Å². The predicted molar refractivity (Wildman–Crippen MR) is 49.6 cm³/mol. The van der Waals surface area contributed by atoms with Crippen LogP contribution in [0.2, 0.25) is 0 Å². The summed E-state index contributed by atoms with van der Waals surface area (Å²) in [5.41, 5.74) is 1.58. The van der Waals surface area contributed by atoms with Gasteiger partial charge in [-0.1, -0.05) is 0 Å². The van der Waals surface area contributed by atoms with Gasteiger partial charge in [-0.05, 0) is 12.8 Å². The van der Waals surface area contributed by atoms with Gasteiger partial charge >= 0.3 is 0 Å². The summed E-state index contributed by atoms with van der Waals surface area (Å²) >= 11 is 0. The lowest BCUT2D eigenvalue weighted by molar-refractivity contribution is 0.105. The maximum absolute atomic E-state index is 5.51. The minimum absolute atomic E-state index is 0.0719. The lowest BCUT2D eigenvalue weighted by atomic mass is 10.2. The van der Waals surface area contributed by atoms with Crippen molar-refractivity contribution in [1.82, 2.24) is 19.9 Å². The Morgan fingerprint density at radius 3 is 3.29 bits per heavy atom. The number of nitrogens with zero attached hydrogens (tertiary/aromatic N) is 3.